The van der Waals surface area contributed by atoms with Crippen molar-refractivity contribution in [3.8, 4) is 0 Å². The van der Waals surface area contributed by atoms with Crippen molar-refractivity contribution in [3.05, 3.63) is 29.8 Å². The standard InChI is InChI=1S/C18H27NO5S/c1-4-25(23,24)16-8-5-15(6-9-16)7-10-17(20)19(13-14(2)3)12-11-18(21)22/h5-6,8-9,14H,4,7,10-13H2,1-3H3,(H,21,22). The predicted octanol–water partition coefficient (Wildman–Crippen LogP) is 2.37. The molecule has 0 heterocycles. The van der Waals surface area contributed by atoms with E-state index in [4.69, 9.17) is 5.11 Å². The first-order chi connectivity index (χ1) is 11.7. The Bertz CT molecular complexity index is 680. The van der Waals surface area contributed by atoms with Gasteiger partial charge in [-0.3, -0.25) is 9.59 Å². The van der Waals surface area contributed by atoms with Crippen molar-refractivity contribution in [1.82, 2.24) is 4.90 Å². The van der Waals surface area contributed by atoms with Gasteiger partial charge in [0.05, 0.1) is 17.1 Å². The van der Waals surface area contributed by atoms with Gasteiger partial charge >= 0.3 is 5.97 Å². The summed E-state index contributed by atoms with van der Waals surface area (Å²) in [7, 11) is -3.22. The summed E-state index contributed by atoms with van der Waals surface area (Å²) in [5, 5.41) is 8.81. The van der Waals surface area contributed by atoms with Crippen molar-refractivity contribution in [1.29, 1.82) is 0 Å². The van der Waals surface area contributed by atoms with E-state index in [2.05, 4.69) is 0 Å². The average molecular weight is 369 g/mol. The molecule has 0 radical (unpaired) electrons. The maximum atomic E-state index is 12.4. The Morgan fingerprint density at radius 2 is 1.72 bits per heavy atom. The Labute approximate surface area is 149 Å². The van der Waals surface area contributed by atoms with Crippen LogP contribution in [0, 0.1) is 5.92 Å². The van der Waals surface area contributed by atoms with Crippen molar-refractivity contribution in [3.63, 3.8) is 0 Å². The summed E-state index contributed by atoms with van der Waals surface area (Å²) in [6.45, 7) is 6.30. The summed E-state index contributed by atoms with van der Waals surface area (Å²) in [4.78, 5) is 25.0. The van der Waals surface area contributed by atoms with Crippen molar-refractivity contribution in [2.75, 3.05) is 18.8 Å². The van der Waals surface area contributed by atoms with E-state index >= 15 is 0 Å². The molecule has 25 heavy (non-hydrogen) atoms. The van der Waals surface area contributed by atoms with E-state index in [1.807, 2.05) is 13.8 Å². The largest absolute Gasteiger partial charge is 0.481 e. The van der Waals surface area contributed by atoms with Gasteiger partial charge in [-0.15, -0.1) is 0 Å². The molecule has 0 atom stereocenters. The number of carbonyl (C=O) groups excluding carboxylic acids is 1. The molecule has 1 amide bonds. The lowest BCUT2D eigenvalue weighted by Gasteiger charge is -2.24. The van der Waals surface area contributed by atoms with Crippen LogP contribution in [-0.4, -0.2) is 49.1 Å². The maximum absolute atomic E-state index is 12.4. The van der Waals surface area contributed by atoms with Gasteiger partial charge < -0.3 is 10.0 Å². The topological polar surface area (TPSA) is 91.8 Å². The Kier molecular flexibility index (Phi) is 8.09. The van der Waals surface area contributed by atoms with Gasteiger partial charge in [0.25, 0.3) is 0 Å². The first kappa shape index (κ1) is 21.2. The van der Waals surface area contributed by atoms with Gasteiger partial charge in [0, 0.05) is 19.5 Å². The van der Waals surface area contributed by atoms with Gasteiger partial charge in [0.15, 0.2) is 9.84 Å². The molecule has 7 heteroatoms. The predicted molar refractivity (Wildman–Crippen MR) is 96.2 cm³/mol. The number of sulfone groups is 1. The summed E-state index contributed by atoms with van der Waals surface area (Å²) in [5.74, 6) is -0.691. The zero-order valence-electron chi connectivity index (χ0n) is 15.1. The van der Waals surface area contributed by atoms with E-state index < -0.39 is 15.8 Å². The third kappa shape index (κ3) is 7.25. The normalized spacial score (nSPS) is 11.5. The van der Waals surface area contributed by atoms with E-state index in [9.17, 15) is 18.0 Å². The van der Waals surface area contributed by atoms with Crippen LogP contribution in [0.25, 0.3) is 0 Å². The van der Waals surface area contributed by atoms with Crippen LogP contribution in [0.15, 0.2) is 29.2 Å². The molecule has 0 unspecified atom stereocenters. The summed E-state index contributed by atoms with van der Waals surface area (Å²) in [5.41, 5.74) is 0.881. The van der Waals surface area contributed by atoms with Crippen molar-refractivity contribution in [2.45, 2.75) is 44.9 Å². The molecule has 0 aliphatic heterocycles. The lowest BCUT2D eigenvalue weighted by Crippen LogP contribution is -2.36. The van der Waals surface area contributed by atoms with Crippen LogP contribution in [-0.2, 0) is 25.8 Å². The molecular weight excluding hydrogens is 342 g/mol. The Balaban J connectivity index is 2.67. The van der Waals surface area contributed by atoms with Crippen LogP contribution >= 0.6 is 0 Å². The lowest BCUT2D eigenvalue weighted by molar-refractivity contribution is -0.138. The first-order valence-corrected chi connectivity index (χ1v) is 10.1. The molecule has 6 nitrogen and oxygen atoms in total. The number of aliphatic carboxylic acids is 1. The molecule has 140 valence electrons. The van der Waals surface area contributed by atoms with Crippen LogP contribution in [0.2, 0.25) is 0 Å². The highest BCUT2D eigenvalue weighted by Crippen LogP contribution is 2.14. The van der Waals surface area contributed by atoms with Gasteiger partial charge in [-0.05, 0) is 30.0 Å². The number of carboxylic acids is 1. The van der Waals surface area contributed by atoms with Gasteiger partial charge in [-0.25, -0.2) is 8.42 Å². The van der Waals surface area contributed by atoms with Crippen LogP contribution < -0.4 is 0 Å². The first-order valence-electron chi connectivity index (χ1n) is 8.47. The molecule has 0 saturated heterocycles. The molecular formula is C18H27NO5S. The number of nitrogens with zero attached hydrogens (tertiary/aromatic N) is 1. The molecule has 0 saturated carbocycles. The Morgan fingerprint density at radius 3 is 2.20 bits per heavy atom. The van der Waals surface area contributed by atoms with Crippen molar-refractivity contribution >= 4 is 21.7 Å². The quantitative estimate of drug-likeness (QED) is 0.684. The zero-order valence-corrected chi connectivity index (χ0v) is 15.9. The van der Waals surface area contributed by atoms with Crippen LogP contribution in [0.3, 0.4) is 0 Å². The lowest BCUT2D eigenvalue weighted by atomic mass is 10.1. The summed E-state index contributed by atoms with van der Waals surface area (Å²) in [6.07, 6.45) is 0.696. The second kappa shape index (κ2) is 9.56. The second-order valence-electron chi connectivity index (χ2n) is 6.42. The monoisotopic (exact) mass is 369 g/mol. The molecule has 0 aromatic heterocycles. The van der Waals surface area contributed by atoms with Gasteiger partial charge in [0.1, 0.15) is 0 Å². The summed E-state index contributed by atoms with van der Waals surface area (Å²) < 4.78 is 23.6. The van der Waals surface area contributed by atoms with E-state index in [0.717, 1.165) is 5.56 Å². The van der Waals surface area contributed by atoms with Crippen molar-refractivity contribution in [2.24, 2.45) is 5.92 Å². The number of carbonyl (C=O) groups is 2. The van der Waals surface area contributed by atoms with Crippen LogP contribution in [0.4, 0.5) is 0 Å². The summed E-state index contributed by atoms with van der Waals surface area (Å²) >= 11 is 0. The van der Waals surface area contributed by atoms with Crippen LogP contribution in [0.5, 0.6) is 0 Å². The molecule has 0 aliphatic carbocycles. The number of hydrogen-bond acceptors (Lipinski definition) is 4. The van der Waals surface area contributed by atoms with E-state index in [1.165, 1.54) is 0 Å². The highest BCUT2D eigenvalue weighted by molar-refractivity contribution is 7.91. The molecule has 1 aromatic carbocycles. The second-order valence-corrected chi connectivity index (χ2v) is 8.70. The zero-order chi connectivity index (χ0) is 19.0. The molecule has 0 fully saturated rings. The molecule has 1 aromatic rings. The van der Waals surface area contributed by atoms with Crippen LogP contribution in [0.1, 0.15) is 39.2 Å². The van der Waals surface area contributed by atoms with Gasteiger partial charge in [-0.2, -0.15) is 0 Å². The van der Waals surface area contributed by atoms with Crippen molar-refractivity contribution < 1.29 is 23.1 Å². The van der Waals surface area contributed by atoms with E-state index in [-0.39, 0.29) is 41.9 Å². The minimum absolute atomic E-state index is 0.0541. The summed E-state index contributed by atoms with van der Waals surface area (Å²) in [6, 6.07) is 6.57. The van der Waals surface area contributed by atoms with E-state index in [1.54, 1.807) is 36.1 Å². The fourth-order valence-electron chi connectivity index (χ4n) is 2.43. The number of rotatable bonds is 10. The fraction of sp³-hybridized carbons (Fsp3) is 0.556. The van der Waals surface area contributed by atoms with Gasteiger partial charge in [-0.1, -0.05) is 32.9 Å². The minimum atomic E-state index is -3.22. The molecule has 1 N–H and O–H groups in total. The average Bonchev–Trinajstić information content (AvgIpc) is 2.56. The van der Waals surface area contributed by atoms with E-state index in [0.29, 0.717) is 13.0 Å². The fourth-order valence-corrected chi connectivity index (χ4v) is 3.31. The number of amides is 1. The minimum Gasteiger partial charge on any atom is -0.481 e. The highest BCUT2D eigenvalue weighted by Gasteiger charge is 2.16. The highest BCUT2D eigenvalue weighted by atomic mass is 32.2. The van der Waals surface area contributed by atoms with Gasteiger partial charge in [0.2, 0.25) is 5.91 Å². The number of benzene rings is 1. The smallest absolute Gasteiger partial charge is 0.305 e. The molecule has 0 spiro atoms. The Hall–Kier alpha value is -1.89. The Morgan fingerprint density at radius 1 is 1.12 bits per heavy atom. The third-order valence-electron chi connectivity index (χ3n) is 3.82. The molecule has 0 bridgehead atoms. The molecule has 0 aliphatic rings. The number of hydrogen-bond donors (Lipinski definition) is 1. The maximum Gasteiger partial charge on any atom is 0.305 e. The molecule has 1 rings (SSSR count). The number of carboxylic acid groups (broad SMARTS) is 1. The number of aryl methyl sites for hydroxylation is 1. The SMILES string of the molecule is CCS(=O)(=O)c1ccc(CCC(=O)N(CCC(=O)O)CC(C)C)cc1. The third-order valence-corrected chi connectivity index (χ3v) is 5.57.